The first-order valence-electron chi connectivity index (χ1n) is 7.27. The molecule has 1 aliphatic carbocycles. The molecule has 2 aromatic rings. The summed E-state index contributed by atoms with van der Waals surface area (Å²) in [4.78, 5) is 8.71. The van der Waals surface area contributed by atoms with Crippen molar-refractivity contribution in [3.8, 4) is 0 Å². The van der Waals surface area contributed by atoms with Crippen LogP contribution in [0.4, 0.5) is 5.82 Å². The molecule has 0 saturated carbocycles. The first kappa shape index (κ1) is 14.0. The Balaban J connectivity index is 1.73. The largest absolute Gasteiger partial charge is 0.366 e. The van der Waals surface area contributed by atoms with Crippen LogP contribution in [-0.2, 0) is 17.8 Å². The van der Waals surface area contributed by atoms with E-state index >= 15 is 0 Å². The number of fused-ring (bicyclic) bond motifs is 1. The number of rotatable bonds is 4. The fourth-order valence-electron chi connectivity index (χ4n) is 2.83. The summed E-state index contributed by atoms with van der Waals surface area (Å²) in [6.07, 6.45) is 3.47. The average molecular weight is 284 g/mol. The average Bonchev–Trinajstić information content (AvgIpc) is 2.52. The lowest BCUT2D eigenvalue weighted by Crippen LogP contribution is -2.15. The van der Waals surface area contributed by atoms with E-state index < -0.39 is 0 Å². The lowest BCUT2D eigenvalue weighted by molar-refractivity contribution is 0.0245. The third-order valence-corrected chi connectivity index (χ3v) is 3.78. The van der Waals surface area contributed by atoms with Gasteiger partial charge in [0.15, 0.2) is 5.82 Å². The number of nitrogen functional groups attached to an aromatic ring is 1. The van der Waals surface area contributed by atoms with E-state index in [1.165, 1.54) is 11.1 Å². The molecule has 1 unspecified atom stereocenters. The number of aromatic nitrogens is 2. The van der Waals surface area contributed by atoms with Crippen molar-refractivity contribution in [2.75, 3.05) is 5.43 Å². The Labute approximate surface area is 124 Å². The van der Waals surface area contributed by atoms with Gasteiger partial charge in [-0.15, -0.1) is 0 Å². The van der Waals surface area contributed by atoms with Gasteiger partial charge in [0.2, 0.25) is 0 Å². The van der Waals surface area contributed by atoms with Crippen LogP contribution in [0, 0.1) is 6.92 Å². The predicted molar refractivity (Wildman–Crippen MR) is 81.5 cm³/mol. The predicted octanol–water partition coefficient (Wildman–Crippen LogP) is 2.66. The highest BCUT2D eigenvalue weighted by atomic mass is 16.5. The van der Waals surface area contributed by atoms with E-state index in [0.29, 0.717) is 18.2 Å². The number of hydrogen-bond donors (Lipinski definition) is 2. The van der Waals surface area contributed by atoms with Crippen LogP contribution in [0.2, 0.25) is 0 Å². The Morgan fingerprint density at radius 3 is 3.05 bits per heavy atom. The number of ether oxygens (including phenoxy) is 1. The van der Waals surface area contributed by atoms with Gasteiger partial charge in [0.25, 0.3) is 0 Å². The highest BCUT2D eigenvalue weighted by Crippen LogP contribution is 2.32. The van der Waals surface area contributed by atoms with Gasteiger partial charge in [-0.3, -0.25) is 0 Å². The maximum atomic E-state index is 6.06. The normalized spacial score (nSPS) is 17.3. The molecule has 3 rings (SSSR count). The summed E-state index contributed by atoms with van der Waals surface area (Å²) >= 11 is 0. The van der Waals surface area contributed by atoms with Gasteiger partial charge in [0, 0.05) is 11.8 Å². The summed E-state index contributed by atoms with van der Waals surface area (Å²) in [5.74, 6) is 6.68. The van der Waals surface area contributed by atoms with Crippen LogP contribution < -0.4 is 11.3 Å². The number of nitrogens with two attached hydrogens (primary N) is 1. The van der Waals surface area contributed by atoms with Crippen molar-refractivity contribution in [1.29, 1.82) is 0 Å². The molecule has 1 heterocycles. The van der Waals surface area contributed by atoms with Gasteiger partial charge in [0.1, 0.15) is 12.4 Å². The maximum absolute atomic E-state index is 6.06. The topological polar surface area (TPSA) is 73.1 Å². The summed E-state index contributed by atoms with van der Waals surface area (Å²) in [6.45, 7) is 2.32. The Bertz CT molecular complexity index is 629. The molecular formula is C16H20N4O. The Kier molecular flexibility index (Phi) is 4.13. The zero-order valence-electron chi connectivity index (χ0n) is 12.2. The fourth-order valence-corrected chi connectivity index (χ4v) is 2.83. The number of anilines is 1. The van der Waals surface area contributed by atoms with Crippen molar-refractivity contribution < 1.29 is 4.74 Å². The summed E-state index contributed by atoms with van der Waals surface area (Å²) in [5.41, 5.74) is 6.12. The highest BCUT2D eigenvalue weighted by molar-refractivity contribution is 5.34. The molecule has 5 nitrogen and oxygen atoms in total. The molecule has 5 heteroatoms. The highest BCUT2D eigenvalue weighted by Gasteiger charge is 2.20. The molecule has 110 valence electrons. The monoisotopic (exact) mass is 284 g/mol. The molecule has 0 amide bonds. The minimum atomic E-state index is 0.133. The van der Waals surface area contributed by atoms with E-state index in [9.17, 15) is 0 Å². The molecule has 0 spiro atoms. The van der Waals surface area contributed by atoms with Crippen LogP contribution in [0.5, 0.6) is 0 Å². The van der Waals surface area contributed by atoms with Gasteiger partial charge in [-0.1, -0.05) is 24.3 Å². The van der Waals surface area contributed by atoms with Gasteiger partial charge in [-0.05, 0) is 37.3 Å². The van der Waals surface area contributed by atoms with E-state index in [-0.39, 0.29) is 6.10 Å². The standard InChI is InChI=1S/C16H20N4O/c1-11-9-15(20-17)19-16(18-11)10-21-14-8-4-6-12-5-2-3-7-13(12)14/h2-3,5,7,9,14H,4,6,8,10,17H2,1H3,(H,18,19,20). The van der Waals surface area contributed by atoms with Crippen molar-refractivity contribution >= 4 is 5.82 Å². The minimum Gasteiger partial charge on any atom is -0.366 e. The molecule has 1 aliphatic rings. The lowest BCUT2D eigenvalue weighted by atomic mass is 9.89. The molecule has 1 aromatic carbocycles. The van der Waals surface area contributed by atoms with Crippen molar-refractivity contribution in [3.63, 3.8) is 0 Å². The molecule has 1 aromatic heterocycles. The third-order valence-electron chi connectivity index (χ3n) is 3.78. The smallest absolute Gasteiger partial charge is 0.156 e. The maximum Gasteiger partial charge on any atom is 0.156 e. The quantitative estimate of drug-likeness (QED) is 0.667. The van der Waals surface area contributed by atoms with E-state index in [0.717, 1.165) is 25.0 Å². The summed E-state index contributed by atoms with van der Waals surface area (Å²) < 4.78 is 6.06. The van der Waals surface area contributed by atoms with Gasteiger partial charge >= 0.3 is 0 Å². The zero-order chi connectivity index (χ0) is 14.7. The molecule has 0 bridgehead atoms. The van der Waals surface area contributed by atoms with Gasteiger partial charge in [-0.2, -0.15) is 0 Å². The van der Waals surface area contributed by atoms with Crippen molar-refractivity contribution in [3.05, 3.63) is 53.0 Å². The van der Waals surface area contributed by atoms with E-state index in [1.54, 1.807) is 6.07 Å². The molecule has 0 fully saturated rings. The first-order chi connectivity index (χ1) is 10.3. The van der Waals surface area contributed by atoms with E-state index in [1.807, 2.05) is 6.92 Å². The van der Waals surface area contributed by atoms with Crippen LogP contribution in [0.15, 0.2) is 30.3 Å². The zero-order valence-corrected chi connectivity index (χ0v) is 12.2. The second-order valence-corrected chi connectivity index (χ2v) is 5.35. The van der Waals surface area contributed by atoms with Gasteiger partial charge < -0.3 is 10.2 Å². The summed E-state index contributed by atoms with van der Waals surface area (Å²) in [7, 11) is 0. The summed E-state index contributed by atoms with van der Waals surface area (Å²) in [5, 5.41) is 0. The van der Waals surface area contributed by atoms with Crippen molar-refractivity contribution in [1.82, 2.24) is 9.97 Å². The Morgan fingerprint density at radius 1 is 1.33 bits per heavy atom. The number of aryl methyl sites for hydroxylation is 2. The number of benzene rings is 1. The van der Waals surface area contributed by atoms with Crippen LogP contribution in [-0.4, -0.2) is 9.97 Å². The van der Waals surface area contributed by atoms with Gasteiger partial charge in [0.05, 0.1) is 6.10 Å². The van der Waals surface area contributed by atoms with Gasteiger partial charge in [-0.25, -0.2) is 15.8 Å². The number of nitrogens with one attached hydrogen (secondary N) is 1. The van der Waals surface area contributed by atoms with Crippen LogP contribution in [0.25, 0.3) is 0 Å². The van der Waals surface area contributed by atoms with Crippen LogP contribution in [0.3, 0.4) is 0 Å². The SMILES string of the molecule is Cc1cc(NN)nc(COC2CCCc3ccccc32)n1. The molecule has 21 heavy (non-hydrogen) atoms. The number of hydrogen-bond acceptors (Lipinski definition) is 5. The van der Waals surface area contributed by atoms with Crippen molar-refractivity contribution in [2.24, 2.45) is 5.84 Å². The summed E-state index contributed by atoms with van der Waals surface area (Å²) in [6, 6.07) is 10.3. The molecule has 0 radical (unpaired) electrons. The van der Waals surface area contributed by atoms with Crippen LogP contribution in [0.1, 0.15) is 41.6 Å². The Hall–Kier alpha value is -1.98. The van der Waals surface area contributed by atoms with Crippen molar-refractivity contribution in [2.45, 2.75) is 38.9 Å². The second-order valence-electron chi connectivity index (χ2n) is 5.35. The molecule has 1 atom stereocenters. The Morgan fingerprint density at radius 2 is 2.19 bits per heavy atom. The number of nitrogens with zero attached hydrogens (tertiary/aromatic N) is 2. The third kappa shape index (κ3) is 3.20. The van der Waals surface area contributed by atoms with E-state index in [2.05, 4.69) is 39.7 Å². The molecule has 3 N–H and O–H groups in total. The van der Waals surface area contributed by atoms with E-state index in [4.69, 9.17) is 10.6 Å². The second kappa shape index (κ2) is 6.20. The fraction of sp³-hybridized carbons (Fsp3) is 0.375. The molecule has 0 saturated heterocycles. The minimum absolute atomic E-state index is 0.133. The first-order valence-corrected chi connectivity index (χ1v) is 7.27. The lowest BCUT2D eigenvalue weighted by Gasteiger charge is -2.25. The molecular weight excluding hydrogens is 264 g/mol. The number of hydrazine groups is 1. The molecule has 0 aliphatic heterocycles. The van der Waals surface area contributed by atoms with Crippen LogP contribution >= 0.6 is 0 Å².